The predicted molar refractivity (Wildman–Crippen MR) is 88.5 cm³/mol. The molecule has 0 aromatic heterocycles. The number of benzene rings is 1. The smallest absolute Gasteiger partial charge is 0.169 e. The molecule has 1 unspecified atom stereocenters. The molecule has 1 aliphatic heterocycles. The fraction of sp³-hybridized carbons (Fsp3) is 0.417. The Balaban J connectivity index is 2.54. The Morgan fingerprint density at radius 1 is 1.55 bits per heavy atom. The molecule has 0 radical (unpaired) electrons. The second kappa shape index (κ2) is 5.95. The van der Waals surface area contributed by atoms with Gasteiger partial charge in [0.2, 0.25) is 0 Å². The maximum Gasteiger partial charge on any atom is 0.169 e. The molecule has 0 saturated carbocycles. The van der Waals surface area contributed by atoms with Gasteiger partial charge in [-0.3, -0.25) is 5.41 Å². The van der Waals surface area contributed by atoms with Crippen LogP contribution in [0.25, 0.3) is 0 Å². The van der Waals surface area contributed by atoms with E-state index >= 15 is 0 Å². The van der Waals surface area contributed by atoms with Crippen molar-refractivity contribution in [3.8, 4) is 0 Å². The van der Waals surface area contributed by atoms with Gasteiger partial charge in [0.1, 0.15) is 11.2 Å². The number of amidine groups is 1. The van der Waals surface area contributed by atoms with Crippen LogP contribution < -0.4 is 10.6 Å². The first-order valence-electron chi connectivity index (χ1n) is 5.98. The zero-order valence-electron chi connectivity index (χ0n) is 11.0. The molecule has 0 amide bonds. The average molecular weight is 378 g/mol. The lowest BCUT2D eigenvalue weighted by Crippen LogP contribution is -2.47. The van der Waals surface area contributed by atoms with Gasteiger partial charge in [0.05, 0.1) is 5.56 Å². The molecule has 8 heteroatoms. The third-order valence-corrected chi connectivity index (χ3v) is 6.45. The Kier molecular flexibility index (Phi) is 4.66. The molecule has 0 aliphatic carbocycles. The zero-order chi connectivity index (χ0) is 14.9. The van der Waals surface area contributed by atoms with Crippen LogP contribution in [0.2, 0.25) is 0 Å². The van der Waals surface area contributed by atoms with E-state index in [0.717, 1.165) is 5.75 Å². The van der Waals surface area contributed by atoms with Crippen LogP contribution in [0, 0.1) is 5.41 Å². The number of nitrogens with zero attached hydrogens (tertiary/aromatic N) is 1. The summed E-state index contributed by atoms with van der Waals surface area (Å²) in [6.07, 6.45) is 1.25. The van der Waals surface area contributed by atoms with Crippen LogP contribution in [-0.2, 0) is 9.84 Å². The highest BCUT2D eigenvalue weighted by atomic mass is 79.9. The minimum absolute atomic E-state index is 0.0713. The van der Waals surface area contributed by atoms with Crippen molar-refractivity contribution < 1.29 is 8.42 Å². The van der Waals surface area contributed by atoms with E-state index in [1.807, 2.05) is 17.0 Å². The molecule has 20 heavy (non-hydrogen) atoms. The van der Waals surface area contributed by atoms with E-state index in [-0.39, 0.29) is 5.84 Å². The van der Waals surface area contributed by atoms with Crippen LogP contribution in [-0.4, -0.2) is 43.9 Å². The number of nitrogens with two attached hydrogens (primary N) is 1. The Bertz CT molecular complexity index is 634. The largest absolute Gasteiger partial charge is 0.384 e. The Morgan fingerprint density at radius 2 is 2.25 bits per heavy atom. The SMILES string of the molecule is CS(=O)(=O)C1CSCCN1c1cccc(Br)c1C(=N)N. The number of nitrogens with one attached hydrogen (secondary N) is 1. The van der Waals surface area contributed by atoms with E-state index in [4.69, 9.17) is 11.1 Å². The molecule has 110 valence electrons. The van der Waals surface area contributed by atoms with Gasteiger partial charge in [-0.25, -0.2) is 8.42 Å². The number of nitrogen functional groups attached to an aromatic ring is 1. The lowest BCUT2D eigenvalue weighted by atomic mass is 10.1. The van der Waals surface area contributed by atoms with Crippen molar-refractivity contribution in [1.29, 1.82) is 5.41 Å². The summed E-state index contributed by atoms with van der Waals surface area (Å²) in [4.78, 5) is 1.84. The first-order valence-corrected chi connectivity index (χ1v) is 9.88. The van der Waals surface area contributed by atoms with Gasteiger partial charge in [-0.2, -0.15) is 11.8 Å². The number of hydrogen-bond acceptors (Lipinski definition) is 5. The van der Waals surface area contributed by atoms with E-state index < -0.39 is 15.2 Å². The first-order chi connectivity index (χ1) is 9.32. The molecule has 1 heterocycles. The number of sulfone groups is 1. The van der Waals surface area contributed by atoms with E-state index in [2.05, 4.69) is 15.9 Å². The molecule has 5 nitrogen and oxygen atoms in total. The minimum Gasteiger partial charge on any atom is -0.384 e. The van der Waals surface area contributed by atoms with Crippen LogP contribution in [0.5, 0.6) is 0 Å². The molecule has 1 aromatic rings. The molecule has 0 spiro atoms. The van der Waals surface area contributed by atoms with Crippen molar-refractivity contribution in [2.45, 2.75) is 5.37 Å². The van der Waals surface area contributed by atoms with Crippen LogP contribution in [0.4, 0.5) is 5.69 Å². The van der Waals surface area contributed by atoms with Crippen molar-refractivity contribution in [2.24, 2.45) is 5.73 Å². The third-order valence-electron chi connectivity index (χ3n) is 3.15. The van der Waals surface area contributed by atoms with Crippen molar-refractivity contribution in [2.75, 3.05) is 29.2 Å². The second-order valence-corrected chi connectivity index (χ2v) is 8.81. The van der Waals surface area contributed by atoms with Crippen molar-refractivity contribution in [3.05, 3.63) is 28.2 Å². The van der Waals surface area contributed by atoms with Gasteiger partial charge in [0.25, 0.3) is 0 Å². The summed E-state index contributed by atoms with van der Waals surface area (Å²) in [7, 11) is -3.20. The zero-order valence-corrected chi connectivity index (χ0v) is 14.2. The summed E-state index contributed by atoms with van der Waals surface area (Å²) in [5, 5.41) is 7.15. The lowest BCUT2D eigenvalue weighted by Gasteiger charge is -2.37. The quantitative estimate of drug-likeness (QED) is 0.617. The van der Waals surface area contributed by atoms with Crippen molar-refractivity contribution in [3.63, 3.8) is 0 Å². The third kappa shape index (κ3) is 3.12. The summed E-state index contributed by atoms with van der Waals surface area (Å²) < 4.78 is 24.7. The van der Waals surface area contributed by atoms with Gasteiger partial charge < -0.3 is 10.6 Å². The lowest BCUT2D eigenvalue weighted by molar-refractivity contribution is 0.584. The van der Waals surface area contributed by atoms with E-state index in [9.17, 15) is 8.42 Å². The standard InChI is InChI=1S/C12H16BrN3O2S2/c1-20(17,18)10-7-19-6-5-16(10)9-4-2-3-8(13)11(9)12(14)15/h2-4,10H,5-7H2,1H3,(H3,14,15). The molecule has 0 bridgehead atoms. The van der Waals surface area contributed by atoms with Gasteiger partial charge in [-0.05, 0) is 28.1 Å². The van der Waals surface area contributed by atoms with Crippen LogP contribution in [0.15, 0.2) is 22.7 Å². The molecule has 1 aromatic carbocycles. The number of thioether (sulfide) groups is 1. The molecule has 1 atom stereocenters. The van der Waals surface area contributed by atoms with E-state index in [1.165, 1.54) is 6.26 Å². The van der Waals surface area contributed by atoms with Crippen LogP contribution in [0.3, 0.4) is 0 Å². The summed E-state index contributed by atoms with van der Waals surface area (Å²) >= 11 is 5.01. The monoisotopic (exact) mass is 377 g/mol. The normalized spacial score (nSPS) is 19.9. The van der Waals surface area contributed by atoms with Crippen molar-refractivity contribution in [1.82, 2.24) is 0 Å². The highest BCUT2D eigenvalue weighted by molar-refractivity contribution is 9.10. The van der Waals surface area contributed by atoms with Gasteiger partial charge in [0.15, 0.2) is 9.84 Å². The molecule has 2 rings (SSSR count). The topological polar surface area (TPSA) is 87.2 Å². The fourth-order valence-corrected chi connectivity index (χ4v) is 5.63. The maximum atomic E-state index is 12.0. The second-order valence-electron chi connectivity index (χ2n) is 4.60. The average Bonchev–Trinajstić information content (AvgIpc) is 2.37. The number of anilines is 1. The molecule has 1 aliphatic rings. The summed E-state index contributed by atoms with van der Waals surface area (Å²) in [6, 6.07) is 5.44. The van der Waals surface area contributed by atoms with Crippen molar-refractivity contribution >= 4 is 49.1 Å². The Labute approximate surface area is 131 Å². The summed E-state index contributed by atoms with van der Waals surface area (Å²) in [5.41, 5.74) is 6.89. The molecule has 1 saturated heterocycles. The Morgan fingerprint density at radius 3 is 2.85 bits per heavy atom. The van der Waals surface area contributed by atoms with E-state index in [1.54, 1.807) is 17.8 Å². The molecular weight excluding hydrogens is 362 g/mol. The van der Waals surface area contributed by atoms with Gasteiger partial charge in [-0.1, -0.05) is 6.07 Å². The Hall–Kier alpha value is -0.730. The van der Waals surface area contributed by atoms with Gasteiger partial charge in [0, 0.05) is 34.5 Å². The first kappa shape index (κ1) is 15.7. The highest BCUT2D eigenvalue weighted by Crippen LogP contribution is 2.32. The number of halogens is 1. The number of rotatable bonds is 3. The summed E-state index contributed by atoms with van der Waals surface area (Å²) in [5.74, 6) is 1.32. The van der Waals surface area contributed by atoms with E-state index in [0.29, 0.717) is 28.0 Å². The highest BCUT2D eigenvalue weighted by Gasteiger charge is 2.32. The predicted octanol–water partition coefficient (Wildman–Crippen LogP) is 1.66. The van der Waals surface area contributed by atoms with Gasteiger partial charge >= 0.3 is 0 Å². The van der Waals surface area contributed by atoms with Gasteiger partial charge in [-0.15, -0.1) is 0 Å². The molecular formula is C12H16BrN3O2S2. The molecule has 1 fully saturated rings. The van der Waals surface area contributed by atoms with Crippen LogP contribution in [0.1, 0.15) is 5.56 Å². The van der Waals surface area contributed by atoms with Crippen LogP contribution >= 0.6 is 27.7 Å². The molecule has 3 N–H and O–H groups in total. The number of hydrogen-bond donors (Lipinski definition) is 2. The maximum absolute atomic E-state index is 12.0. The minimum atomic E-state index is -3.20. The fourth-order valence-electron chi connectivity index (χ4n) is 2.23. The summed E-state index contributed by atoms with van der Waals surface area (Å²) in [6.45, 7) is 0.624.